The van der Waals surface area contributed by atoms with Crippen molar-refractivity contribution in [1.82, 2.24) is 0 Å². The van der Waals surface area contributed by atoms with E-state index in [1.165, 1.54) is 13.2 Å². The summed E-state index contributed by atoms with van der Waals surface area (Å²) in [6.07, 6.45) is -10.1. The van der Waals surface area contributed by atoms with Crippen LogP contribution in [0.3, 0.4) is 0 Å². The van der Waals surface area contributed by atoms with Crippen LogP contribution in [0, 0.1) is 0 Å². The number of alkyl halides is 6. The number of rotatable bonds is 3. The zero-order chi connectivity index (χ0) is 21.1. The Balaban J connectivity index is 2.26. The van der Waals surface area contributed by atoms with Gasteiger partial charge < -0.3 is 15.4 Å². The number of hydrogen-bond acceptors (Lipinski definition) is 3. The lowest BCUT2D eigenvalue weighted by molar-refractivity contribution is -0.143. The first-order valence-electron chi connectivity index (χ1n) is 7.46. The highest BCUT2D eigenvalue weighted by Crippen LogP contribution is 2.37. The fourth-order valence-electron chi connectivity index (χ4n) is 2.14. The molecule has 2 aromatic rings. The summed E-state index contributed by atoms with van der Waals surface area (Å²) in [6, 6.07) is 7.07. The van der Waals surface area contributed by atoms with Gasteiger partial charge in [-0.3, -0.25) is 4.79 Å². The molecule has 4 nitrogen and oxygen atoms in total. The number of methoxy groups -OCH3 is 1. The van der Waals surface area contributed by atoms with E-state index in [0.717, 1.165) is 0 Å². The van der Waals surface area contributed by atoms with Crippen LogP contribution in [0.5, 0.6) is 5.75 Å². The molecule has 0 aliphatic carbocycles. The third-order valence-electron chi connectivity index (χ3n) is 3.41. The van der Waals surface area contributed by atoms with E-state index in [1.807, 2.05) is 5.32 Å². The van der Waals surface area contributed by atoms with Crippen LogP contribution >= 0.6 is 12.2 Å². The molecule has 0 bridgehead atoms. The van der Waals surface area contributed by atoms with Gasteiger partial charge >= 0.3 is 12.4 Å². The van der Waals surface area contributed by atoms with E-state index < -0.39 is 40.1 Å². The molecule has 0 saturated carbocycles. The summed E-state index contributed by atoms with van der Waals surface area (Å²) in [7, 11) is 1.37. The molecule has 0 atom stereocenters. The summed E-state index contributed by atoms with van der Waals surface area (Å²) in [5.41, 5.74) is -3.51. The van der Waals surface area contributed by atoms with Crippen LogP contribution in [0.25, 0.3) is 0 Å². The molecular weight excluding hydrogens is 410 g/mol. The van der Waals surface area contributed by atoms with E-state index in [-0.39, 0.29) is 6.07 Å². The fourth-order valence-corrected chi connectivity index (χ4v) is 2.30. The molecule has 0 aliphatic heterocycles. The van der Waals surface area contributed by atoms with Gasteiger partial charge in [0.25, 0.3) is 5.91 Å². The van der Waals surface area contributed by atoms with Crippen molar-refractivity contribution in [2.75, 3.05) is 17.7 Å². The number of halogens is 6. The van der Waals surface area contributed by atoms with Crippen LogP contribution in [0.2, 0.25) is 0 Å². The quantitative estimate of drug-likeness (QED) is 0.533. The topological polar surface area (TPSA) is 50.4 Å². The van der Waals surface area contributed by atoms with Gasteiger partial charge in [0.2, 0.25) is 0 Å². The van der Waals surface area contributed by atoms with E-state index in [0.29, 0.717) is 23.6 Å². The number of carbonyl (C=O) groups excluding carboxylic acids is 1. The minimum atomic E-state index is -5.03. The third kappa shape index (κ3) is 5.35. The molecule has 2 rings (SSSR count). The number of para-hydroxylation sites is 2. The van der Waals surface area contributed by atoms with E-state index in [9.17, 15) is 31.1 Å². The van der Waals surface area contributed by atoms with Crippen LogP contribution in [0.1, 0.15) is 11.1 Å². The highest BCUT2D eigenvalue weighted by Gasteiger charge is 2.37. The maximum atomic E-state index is 12.9. The Bertz CT molecular complexity index is 864. The first-order chi connectivity index (χ1) is 12.9. The van der Waals surface area contributed by atoms with Crippen LogP contribution < -0.4 is 15.4 Å². The number of benzene rings is 2. The minimum Gasteiger partial charge on any atom is -0.495 e. The van der Waals surface area contributed by atoms with Crippen LogP contribution in [-0.4, -0.2) is 18.0 Å². The fraction of sp³-hybridized carbons (Fsp3) is 0.176. The number of ether oxygens (including phenoxy) is 1. The predicted molar refractivity (Wildman–Crippen MR) is 94.3 cm³/mol. The van der Waals surface area contributed by atoms with Crippen LogP contribution in [0.15, 0.2) is 42.5 Å². The highest BCUT2D eigenvalue weighted by atomic mass is 32.1. The number of thiocarbonyl (C=S) groups is 1. The van der Waals surface area contributed by atoms with E-state index >= 15 is 0 Å². The Morgan fingerprint density at radius 3 is 1.96 bits per heavy atom. The van der Waals surface area contributed by atoms with Crippen LogP contribution in [0.4, 0.5) is 37.7 Å². The standard InChI is InChI=1S/C17H12F6N2O2S/c1-27-13-5-3-2-4-12(13)25-15(28)14(26)24-11-7-9(16(18,19)20)6-10(8-11)17(21,22)23/h2-8H,1H3,(H,24,26)(H,25,28). The summed E-state index contributed by atoms with van der Waals surface area (Å²) < 4.78 is 82.3. The molecule has 28 heavy (non-hydrogen) atoms. The van der Waals surface area contributed by atoms with Gasteiger partial charge in [0.1, 0.15) is 5.75 Å². The van der Waals surface area contributed by atoms with E-state index in [4.69, 9.17) is 17.0 Å². The molecule has 0 aromatic heterocycles. The van der Waals surface area contributed by atoms with Crippen molar-refractivity contribution in [1.29, 1.82) is 0 Å². The number of nitrogens with one attached hydrogen (secondary N) is 2. The zero-order valence-corrected chi connectivity index (χ0v) is 14.9. The minimum absolute atomic E-state index is 0.0406. The molecule has 0 unspecified atom stereocenters. The van der Waals surface area contributed by atoms with Gasteiger partial charge in [-0.15, -0.1) is 0 Å². The second-order valence-electron chi connectivity index (χ2n) is 5.40. The van der Waals surface area contributed by atoms with Gasteiger partial charge in [0.05, 0.1) is 23.9 Å². The van der Waals surface area contributed by atoms with Crippen molar-refractivity contribution in [3.05, 3.63) is 53.6 Å². The first kappa shape index (κ1) is 21.5. The van der Waals surface area contributed by atoms with Crippen molar-refractivity contribution in [2.45, 2.75) is 12.4 Å². The number of anilines is 2. The molecule has 0 saturated heterocycles. The molecule has 1 amide bonds. The normalized spacial score (nSPS) is 11.7. The molecule has 2 N–H and O–H groups in total. The smallest absolute Gasteiger partial charge is 0.416 e. The highest BCUT2D eigenvalue weighted by molar-refractivity contribution is 7.82. The van der Waals surface area contributed by atoms with Gasteiger partial charge in [-0.05, 0) is 30.3 Å². The lowest BCUT2D eigenvalue weighted by Gasteiger charge is -2.15. The maximum Gasteiger partial charge on any atom is 0.416 e. The predicted octanol–water partition coefficient (Wildman–Crippen LogP) is 5.11. The Labute approximate surface area is 160 Å². The van der Waals surface area contributed by atoms with E-state index in [2.05, 4.69) is 5.32 Å². The largest absolute Gasteiger partial charge is 0.495 e. The molecule has 0 spiro atoms. The lowest BCUT2D eigenvalue weighted by Crippen LogP contribution is -2.28. The van der Waals surface area contributed by atoms with Gasteiger partial charge in [-0.2, -0.15) is 26.3 Å². The Morgan fingerprint density at radius 2 is 1.46 bits per heavy atom. The van der Waals surface area contributed by atoms with Crippen molar-refractivity contribution < 1.29 is 35.9 Å². The molecule has 0 fully saturated rings. The second kappa shape index (κ2) is 8.05. The summed E-state index contributed by atoms with van der Waals surface area (Å²) in [5.74, 6) is -0.760. The molecule has 2 aromatic carbocycles. The summed E-state index contributed by atoms with van der Waals surface area (Å²) in [5, 5.41) is 4.46. The average molecular weight is 422 g/mol. The van der Waals surface area contributed by atoms with Gasteiger partial charge in [-0.25, -0.2) is 0 Å². The van der Waals surface area contributed by atoms with Gasteiger partial charge in [0, 0.05) is 5.69 Å². The van der Waals surface area contributed by atoms with E-state index in [1.54, 1.807) is 18.2 Å². The molecule has 0 heterocycles. The van der Waals surface area contributed by atoms with Crippen LogP contribution in [-0.2, 0) is 17.1 Å². The molecule has 11 heteroatoms. The van der Waals surface area contributed by atoms with Gasteiger partial charge in [-0.1, -0.05) is 24.4 Å². The monoisotopic (exact) mass is 422 g/mol. The van der Waals surface area contributed by atoms with Crippen molar-refractivity contribution in [3.8, 4) is 5.75 Å². The second-order valence-corrected chi connectivity index (χ2v) is 5.81. The van der Waals surface area contributed by atoms with Crippen molar-refractivity contribution in [2.24, 2.45) is 0 Å². The molecule has 0 radical (unpaired) electrons. The Hall–Kier alpha value is -2.82. The number of amides is 1. The summed E-state index contributed by atoms with van der Waals surface area (Å²) in [6.45, 7) is 0. The summed E-state index contributed by atoms with van der Waals surface area (Å²) in [4.78, 5) is 11.6. The Kier molecular flexibility index (Phi) is 6.17. The lowest BCUT2D eigenvalue weighted by atomic mass is 10.1. The first-order valence-corrected chi connectivity index (χ1v) is 7.87. The van der Waals surface area contributed by atoms with Crippen molar-refractivity contribution in [3.63, 3.8) is 0 Å². The Morgan fingerprint density at radius 1 is 0.929 bits per heavy atom. The maximum absolute atomic E-state index is 12.9. The molecular formula is C17H12F6N2O2S. The SMILES string of the molecule is COc1ccccc1NC(=S)C(=O)Nc1cc(C(F)(F)F)cc(C(F)(F)F)c1. The third-order valence-corrected chi connectivity index (χ3v) is 3.69. The number of carbonyl (C=O) groups is 1. The zero-order valence-electron chi connectivity index (χ0n) is 14.0. The van der Waals surface area contributed by atoms with Crippen molar-refractivity contribution >= 4 is 34.5 Å². The molecule has 0 aliphatic rings. The van der Waals surface area contributed by atoms with Gasteiger partial charge in [0.15, 0.2) is 4.99 Å². The number of hydrogen-bond donors (Lipinski definition) is 2. The summed E-state index contributed by atoms with van der Waals surface area (Å²) >= 11 is 4.85. The average Bonchev–Trinajstić information content (AvgIpc) is 2.60. The molecule has 150 valence electrons.